The van der Waals surface area contributed by atoms with Crippen LogP contribution in [0, 0.1) is 5.82 Å². The molecule has 29 heavy (non-hydrogen) atoms. The van der Waals surface area contributed by atoms with Crippen molar-refractivity contribution in [3.8, 4) is 5.75 Å². The molecule has 0 bridgehead atoms. The predicted octanol–water partition coefficient (Wildman–Crippen LogP) is 6.06. The summed E-state index contributed by atoms with van der Waals surface area (Å²) in [6.45, 7) is 4.26. The molecule has 0 saturated carbocycles. The van der Waals surface area contributed by atoms with Gasteiger partial charge in [-0.3, -0.25) is 4.90 Å². The fourth-order valence-corrected chi connectivity index (χ4v) is 4.40. The minimum Gasteiger partial charge on any atom is -0.508 e. The monoisotopic (exact) mass is 389 g/mol. The molecule has 150 valence electrons. The van der Waals surface area contributed by atoms with Gasteiger partial charge in [0.15, 0.2) is 0 Å². The maximum absolute atomic E-state index is 13.1. The summed E-state index contributed by atoms with van der Waals surface area (Å²) in [6, 6.07) is 23.6. The van der Waals surface area contributed by atoms with Crippen LogP contribution in [0.1, 0.15) is 54.0 Å². The zero-order chi connectivity index (χ0) is 20.2. The highest BCUT2D eigenvalue weighted by atomic mass is 19.1. The Hall–Kier alpha value is -2.65. The van der Waals surface area contributed by atoms with Gasteiger partial charge >= 0.3 is 0 Å². The second-order valence-electron chi connectivity index (χ2n) is 8.09. The Balaban J connectivity index is 1.35. The van der Waals surface area contributed by atoms with Crippen LogP contribution in [-0.4, -0.2) is 23.1 Å². The predicted molar refractivity (Wildman–Crippen MR) is 116 cm³/mol. The van der Waals surface area contributed by atoms with E-state index in [2.05, 4.69) is 36.1 Å². The van der Waals surface area contributed by atoms with Gasteiger partial charge in [0.2, 0.25) is 0 Å². The maximum atomic E-state index is 13.1. The van der Waals surface area contributed by atoms with Crippen LogP contribution in [0.2, 0.25) is 0 Å². The lowest BCUT2D eigenvalue weighted by atomic mass is 9.87. The average molecular weight is 390 g/mol. The van der Waals surface area contributed by atoms with Crippen molar-refractivity contribution in [3.63, 3.8) is 0 Å². The Morgan fingerprint density at radius 1 is 0.897 bits per heavy atom. The Bertz CT molecular complexity index is 928. The lowest BCUT2D eigenvalue weighted by Gasteiger charge is -2.36. The zero-order valence-electron chi connectivity index (χ0n) is 16.9. The Morgan fingerprint density at radius 2 is 1.48 bits per heavy atom. The molecule has 3 heteroatoms. The molecule has 1 N–H and O–H groups in total. The van der Waals surface area contributed by atoms with Gasteiger partial charge in [0.25, 0.3) is 0 Å². The lowest BCUT2D eigenvalue weighted by Crippen LogP contribution is -2.35. The van der Waals surface area contributed by atoms with E-state index in [9.17, 15) is 9.50 Å². The quantitative estimate of drug-likeness (QED) is 0.573. The number of halogens is 1. The summed E-state index contributed by atoms with van der Waals surface area (Å²) < 4.78 is 13.1. The highest BCUT2D eigenvalue weighted by molar-refractivity contribution is 5.34. The molecule has 0 amide bonds. The second kappa shape index (κ2) is 8.79. The van der Waals surface area contributed by atoms with Gasteiger partial charge in [-0.1, -0.05) is 54.6 Å². The molecule has 1 aliphatic rings. The zero-order valence-corrected chi connectivity index (χ0v) is 16.9. The molecule has 0 aromatic heterocycles. The van der Waals surface area contributed by atoms with E-state index in [-0.39, 0.29) is 11.9 Å². The van der Waals surface area contributed by atoms with Crippen LogP contribution < -0.4 is 0 Å². The van der Waals surface area contributed by atoms with Gasteiger partial charge in [-0.05, 0) is 80.1 Å². The van der Waals surface area contributed by atoms with Crippen LogP contribution in [0.3, 0.4) is 0 Å². The molecule has 1 heterocycles. The molecular formula is C26H28FNO. The smallest absolute Gasteiger partial charge is 0.123 e. The Labute approximate surface area is 172 Å². The molecule has 4 rings (SSSR count). The fraction of sp³-hybridized carbons (Fsp3) is 0.308. The summed E-state index contributed by atoms with van der Waals surface area (Å²) in [7, 11) is 0. The van der Waals surface area contributed by atoms with E-state index in [1.807, 2.05) is 30.3 Å². The first-order valence-corrected chi connectivity index (χ1v) is 10.5. The van der Waals surface area contributed by atoms with Crippen LogP contribution in [0.5, 0.6) is 5.75 Å². The number of piperidine rings is 1. The van der Waals surface area contributed by atoms with Crippen LogP contribution >= 0.6 is 0 Å². The summed E-state index contributed by atoms with van der Waals surface area (Å²) in [5.74, 6) is 0.786. The molecule has 3 aromatic carbocycles. The normalized spacial score (nSPS) is 16.6. The molecule has 2 nitrogen and oxygen atoms in total. The molecule has 1 saturated heterocycles. The molecule has 0 radical (unpaired) electrons. The number of phenols is 1. The third-order valence-corrected chi connectivity index (χ3v) is 6.24. The van der Waals surface area contributed by atoms with Crippen molar-refractivity contribution in [2.75, 3.05) is 13.1 Å². The molecular weight excluding hydrogens is 361 g/mol. The van der Waals surface area contributed by atoms with Gasteiger partial charge in [-0.2, -0.15) is 0 Å². The van der Waals surface area contributed by atoms with E-state index in [0.29, 0.717) is 11.7 Å². The molecule has 1 fully saturated rings. The van der Waals surface area contributed by atoms with Gasteiger partial charge in [0, 0.05) is 11.6 Å². The number of hydrogen-bond donors (Lipinski definition) is 1. The molecule has 0 aliphatic carbocycles. The maximum Gasteiger partial charge on any atom is 0.123 e. The summed E-state index contributed by atoms with van der Waals surface area (Å²) in [6.07, 6.45) is 3.10. The van der Waals surface area contributed by atoms with Crippen LogP contribution in [0.25, 0.3) is 0 Å². The van der Waals surface area contributed by atoms with Crippen LogP contribution in [-0.2, 0) is 6.42 Å². The van der Waals surface area contributed by atoms with Gasteiger partial charge in [-0.25, -0.2) is 4.39 Å². The van der Waals surface area contributed by atoms with E-state index in [4.69, 9.17) is 0 Å². The van der Waals surface area contributed by atoms with Crippen LogP contribution in [0.15, 0.2) is 72.8 Å². The number of hydrogen-bond acceptors (Lipinski definition) is 2. The van der Waals surface area contributed by atoms with Crippen molar-refractivity contribution in [1.82, 2.24) is 4.90 Å². The van der Waals surface area contributed by atoms with Crippen LogP contribution in [0.4, 0.5) is 4.39 Å². The molecule has 1 aliphatic heterocycles. The van der Waals surface area contributed by atoms with Crippen molar-refractivity contribution < 1.29 is 9.50 Å². The van der Waals surface area contributed by atoms with E-state index in [1.54, 1.807) is 6.07 Å². The summed E-state index contributed by atoms with van der Waals surface area (Å²) >= 11 is 0. The highest BCUT2D eigenvalue weighted by Crippen LogP contribution is 2.34. The van der Waals surface area contributed by atoms with Gasteiger partial charge in [0.05, 0.1) is 0 Å². The lowest BCUT2D eigenvalue weighted by molar-refractivity contribution is 0.160. The third-order valence-electron chi connectivity index (χ3n) is 6.24. The number of nitrogens with zero attached hydrogens (tertiary/aromatic N) is 1. The van der Waals surface area contributed by atoms with Crippen molar-refractivity contribution in [2.45, 2.75) is 38.1 Å². The average Bonchev–Trinajstić information content (AvgIpc) is 2.76. The largest absolute Gasteiger partial charge is 0.508 e. The van der Waals surface area contributed by atoms with E-state index in [0.717, 1.165) is 43.5 Å². The Kier molecular flexibility index (Phi) is 5.96. The van der Waals surface area contributed by atoms with Gasteiger partial charge < -0.3 is 5.11 Å². The molecule has 0 spiro atoms. The fourth-order valence-electron chi connectivity index (χ4n) is 4.40. The van der Waals surface area contributed by atoms with Gasteiger partial charge in [-0.15, -0.1) is 0 Å². The highest BCUT2D eigenvalue weighted by Gasteiger charge is 2.25. The van der Waals surface area contributed by atoms with Crippen molar-refractivity contribution in [2.24, 2.45) is 0 Å². The first-order valence-electron chi connectivity index (χ1n) is 10.5. The minimum atomic E-state index is -0.188. The first-order chi connectivity index (χ1) is 14.1. The number of aromatic hydroxyl groups is 1. The van der Waals surface area contributed by atoms with Crippen molar-refractivity contribution in [3.05, 3.63) is 101 Å². The summed E-state index contributed by atoms with van der Waals surface area (Å²) in [5.41, 5.74) is 4.80. The van der Waals surface area contributed by atoms with Gasteiger partial charge in [0.1, 0.15) is 11.6 Å². The summed E-state index contributed by atoms with van der Waals surface area (Å²) in [4.78, 5) is 2.47. The van der Waals surface area contributed by atoms with Crippen molar-refractivity contribution >= 4 is 0 Å². The van der Waals surface area contributed by atoms with E-state index < -0.39 is 0 Å². The number of likely N-dealkylation sites (tertiary alicyclic amines) is 1. The molecule has 3 aromatic rings. The minimum absolute atomic E-state index is 0.188. The number of phenolic OH excluding ortho intramolecular Hbond substituents is 1. The standard InChI is InChI=1S/C26H28FNO/c1-19(25-4-2-3-5-26(25)29)28-16-14-23(15-17-28)22-10-6-20(7-11-22)18-21-8-12-24(27)13-9-21/h2-13,19,23,29H,14-18H2,1H3. The number of benzene rings is 3. The third kappa shape index (κ3) is 4.68. The summed E-state index contributed by atoms with van der Waals surface area (Å²) in [5, 5.41) is 10.1. The SMILES string of the molecule is CC(c1ccccc1O)N1CCC(c2ccc(Cc3ccc(F)cc3)cc2)CC1. The number of rotatable bonds is 5. The van der Waals surface area contributed by atoms with E-state index >= 15 is 0 Å². The van der Waals surface area contributed by atoms with E-state index in [1.165, 1.54) is 23.3 Å². The molecule has 1 unspecified atom stereocenters. The first kappa shape index (κ1) is 19.7. The Morgan fingerprint density at radius 3 is 2.10 bits per heavy atom. The van der Waals surface area contributed by atoms with Crippen molar-refractivity contribution in [1.29, 1.82) is 0 Å². The topological polar surface area (TPSA) is 23.5 Å². The second-order valence-corrected chi connectivity index (χ2v) is 8.09. The number of para-hydroxylation sites is 1. The molecule has 1 atom stereocenters.